The summed E-state index contributed by atoms with van der Waals surface area (Å²) in [7, 11) is 0. The van der Waals surface area contributed by atoms with Crippen LogP contribution < -0.4 is 0 Å². The highest BCUT2D eigenvalue weighted by Crippen LogP contribution is 2.40. The molecule has 0 radical (unpaired) electrons. The Morgan fingerprint density at radius 1 is 0.875 bits per heavy atom. The number of unbranched alkanes of at least 4 members (excludes halogenated alkanes) is 4. The first-order chi connectivity index (χ1) is 15.7. The smallest absolute Gasteiger partial charge is 0.195 e. The van der Waals surface area contributed by atoms with Crippen molar-refractivity contribution < 1.29 is 4.39 Å². The van der Waals surface area contributed by atoms with Gasteiger partial charge in [0.25, 0.3) is 0 Å². The lowest BCUT2D eigenvalue weighted by atomic mass is 9.74. The summed E-state index contributed by atoms with van der Waals surface area (Å²) in [5.74, 6) is 2.18. The van der Waals surface area contributed by atoms with Gasteiger partial charge in [0.05, 0.1) is 0 Å². The molecule has 0 heterocycles. The average molecular weight is 438 g/mol. The lowest BCUT2D eigenvalue weighted by molar-refractivity contribution is 0.245. The van der Waals surface area contributed by atoms with E-state index in [1.54, 1.807) is 17.7 Å². The lowest BCUT2D eigenvalue weighted by Gasteiger charge is -2.31. The molecule has 0 spiro atoms. The van der Waals surface area contributed by atoms with Gasteiger partial charge in [-0.15, -0.1) is 0 Å². The molecule has 1 aromatic carbocycles. The number of hydrogen-bond donors (Lipinski definition) is 0. The van der Waals surface area contributed by atoms with Crippen LogP contribution in [-0.4, -0.2) is 0 Å². The molecular weight excluding hydrogens is 393 g/mol. The molecule has 3 rings (SSSR count). The number of allylic oxidation sites excluding steroid dienone is 2. The van der Waals surface area contributed by atoms with Gasteiger partial charge in [0.2, 0.25) is 0 Å². The molecular formula is C30H44FN. The molecule has 0 atom stereocenters. The Morgan fingerprint density at radius 2 is 1.47 bits per heavy atom. The zero-order chi connectivity index (χ0) is 22.6. The summed E-state index contributed by atoms with van der Waals surface area (Å²) in [4.78, 5) is 0. The van der Waals surface area contributed by atoms with E-state index in [4.69, 9.17) is 5.26 Å². The van der Waals surface area contributed by atoms with E-state index in [9.17, 15) is 4.39 Å². The zero-order valence-corrected chi connectivity index (χ0v) is 20.3. The van der Waals surface area contributed by atoms with Crippen molar-refractivity contribution in [2.75, 3.05) is 0 Å². The van der Waals surface area contributed by atoms with Crippen LogP contribution in [0.25, 0.3) is 0 Å². The number of benzene rings is 1. The first kappa shape index (κ1) is 25.0. The van der Waals surface area contributed by atoms with Gasteiger partial charge >= 0.3 is 0 Å². The third-order valence-electron chi connectivity index (χ3n) is 8.23. The Balaban J connectivity index is 1.31. The van der Waals surface area contributed by atoms with Crippen molar-refractivity contribution in [2.24, 2.45) is 17.8 Å². The standard InChI is InChI=1S/C30H44FN/c1-2-3-4-5-6-7-24-14-18-28(19-15-24)29-20-16-26(17-21-29)9-8-25-10-12-27(13-11-25)22-30(31)23-32/h14-15,18-19,22,25-27,29H,2-13,16-17,20-21H2,1H3/b30-22+/t25-,26-,27-,29-. The molecule has 2 aliphatic rings. The quantitative estimate of drug-likeness (QED) is 0.250. The van der Waals surface area contributed by atoms with Gasteiger partial charge < -0.3 is 0 Å². The molecule has 176 valence electrons. The van der Waals surface area contributed by atoms with Crippen molar-refractivity contribution in [1.82, 2.24) is 0 Å². The second-order valence-electron chi connectivity index (χ2n) is 10.6. The van der Waals surface area contributed by atoms with Crippen LogP contribution in [0.2, 0.25) is 0 Å². The van der Waals surface area contributed by atoms with Crippen LogP contribution in [0.15, 0.2) is 36.2 Å². The molecule has 2 aliphatic carbocycles. The topological polar surface area (TPSA) is 23.8 Å². The second-order valence-corrected chi connectivity index (χ2v) is 10.6. The maximum atomic E-state index is 13.2. The fraction of sp³-hybridized carbons (Fsp3) is 0.700. The van der Waals surface area contributed by atoms with E-state index >= 15 is 0 Å². The first-order valence-corrected chi connectivity index (χ1v) is 13.5. The van der Waals surface area contributed by atoms with Gasteiger partial charge in [-0.1, -0.05) is 69.7 Å². The molecule has 2 saturated carbocycles. The van der Waals surface area contributed by atoms with Crippen LogP contribution in [0, 0.1) is 29.1 Å². The second kappa shape index (κ2) is 13.8. The van der Waals surface area contributed by atoms with E-state index in [-0.39, 0.29) is 5.92 Å². The Bertz CT molecular complexity index is 712. The van der Waals surface area contributed by atoms with Crippen molar-refractivity contribution in [3.63, 3.8) is 0 Å². The molecule has 32 heavy (non-hydrogen) atoms. The predicted molar refractivity (Wildman–Crippen MR) is 133 cm³/mol. The van der Waals surface area contributed by atoms with E-state index in [0.717, 1.165) is 30.6 Å². The van der Waals surface area contributed by atoms with Crippen LogP contribution in [0.5, 0.6) is 0 Å². The van der Waals surface area contributed by atoms with E-state index in [0.29, 0.717) is 0 Å². The van der Waals surface area contributed by atoms with Crippen LogP contribution >= 0.6 is 0 Å². The molecule has 1 aromatic rings. The summed E-state index contributed by atoms with van der Waals surface area (Å²) in [5, 5.41) is 8.61. The number of rotatable bonds is 11. The van der Waals surface area contributed by atoms with Crippen molar-refractivity contribution in [2.45, 2.75) is 116 Å². The minimum absolute atomic E-state index is 0.286. The number of nitriles is 1. The fourth-order valence-electron chi connectivity index (χ4n) is 6.03. The summed E-state index contributed by atoms with van der Waals surface area (Å²) in [6.07, 6.45) is 22.3. The van der Waals surface area contributed by atoms with Crippen molar-refractivity contribution in [3.8, 4) is 6.07 Å². The van der Waals surface area contributed by atoms with Crippen molar-refractivity contribution >= 4 is 0 Å². The highest BCUT2D eigenvalue weighted by molar-refractivity contribution is 5.26. The lowest BCUT2D eigenvalue weighted by Crippen LogP contribution is -2.17. The van der Waals surface area contributed by atoms with Crippen LogP contribution in [0.3, 0.4) is 0 Å². The Labute approximate surface area is 196 Å². The van der Waals surface area contributed by atoms with Gasteiger partial charge in [-0.2, -0.15) is 9.65 Å². The van der Waals surface area contributed by atoms with E-state index in [2.05, 4.69) is 31.2 Å². The minimum atomic E-state index is -0.595. The molecule has 0 N–H and O–H groups in total. The van der Waals surface area contributed by atoms with Crippen LogP contribution in [0.1, 0.15) is 120 Å². The number of hydrogen-bond acceptors (Lipinski definition) is 1. The molecule has 1 nitrogen and oxygen atoms in total. The van der Waals surface area contributed by atoms with E-state index in [1.165, 1.54) is 95.5 Å². The summed E-state index contributed by atoms with van der Waals surface area (Å²) in [6.45, 7) is 2.28. The number of nitrogens with zero attached hydrogens (tertiary/aromatic N) is 1. The van der Waals surface area contributed by atoms with Crippen LogP contribution in [0.4, 0.5) is 4.39 Å². The van der Waals surface area contributed by atoms with Crippen molar-refractivity contribution in [1.29, 1.82) is 5.26 Å². The molecule has 0 saturated heterocycles. The van der Waals surface area contributed by atoms with Gasteiger partial charge in [-0.3, -0.25) is 0 Å². The van der Waals surface area contributed by atoms with Gasteiger partial charge in [0.1, 0.15) is 6.07 Å². The number of aryl methyl sites for hydroxylation is 1. The third kappa shape index (κ3) is 8.38. The highest BCUT2D eigenvalue weighted by Gasteiger charge is 2.25. The van der Waals surface area contributed by atoms with Crippen LogP contribution in [-0.2, 0) is 6.42 Å². The molecule has 0 unspecified atom stereocenters. The van der Waals surface area contributed by atoms with Gasteiger partial charge in [0.15, 0.2) is 5.83 Å². The SMILES string of the molecule is CCCCCCCc1ccc([C@H]2CC[C@H](CC[C@H]3CC[C@H](/C=C(/F)C#N)CC3)CC2)cc1. The largest absolute Gasteiger partial charge is 0.196 e. The normalized spacial score (nSPS) is 26.6. The van der Waals surface area contributed by atoms with E-state index < -0.39 is 5.83 Å². The third-order valence-corrected chi connectivity index (χ3v) is 8.23. The van der Waals surface area contributed by atoms with E-state index in [1.807, 2.05) is 0 Å². The Hall–Kier alpha value is -1.62. The highest BCUT2D eigenvalue weighted by atomic mass is 19.1. The predicted octanol–water partition coefficient (Wildman–Crippen LogP) is 9.44. The Morgan fingerprint density at radius 3 is 2.06 bits per heavy atom. The van der Waals surface area contributed by atoms with Crippen molar-refractivity contribution in [3.05, 3.63) is 47.3 Å². The molecule has 2 fully saturated rings. The molecule has 0 aliphatic heterocycles. The Kier molecular flexibility index (Phi) is 10.8. The summed E-state index contributed by atoms with van der Waals surface area (Å²) in [5.41, 5.74) is 3.08. The summed E-state index contributed by atoms with van der Waals surface area (Å²) in [6, 6.07) is 11.2. The maximum Gasteiger partial charge on any atom is 0.196 e. The average Bonchev–Trinajstić information content (AvgIpc) is 2.84. The van der Waals surface area contributed by atoms with Gasteiger partial charge in [0, 0.05) is 0 Å². The zero-order valence-electron chi connectivity index (χ0n) is 20.3. The maximum absolute atomic E-state index is 13.2. The molecule has 0 aromatic heterocycles. The fourth-order valence-corrected chi connectivity index (χ4v) is 6.03. The first-order valence-electron chi connectivity index (χ1n) is 13.5. The summed E-state index contributed by atoms with van der Waals surface area (Å²) >= 11 is 0. The minimum Gasteiger partial charge on any atom is -0.195 e. The van der Waals surface area contributed by atoms with Gasteiger partial charge in [-0.25, -0.2) is 0 Å². The molecule has 2 heteroatoms. The number of halogens is 1. The molecule has 0 amide bonds. The summed E-state index contributed by atoms with van der Waals surface area (Å²) < 4.78 is 13.2. The monoisotopic (exact) mass is 437 g/mol. The van der Waals surface area contributed by atoms with Gasteiger partial charge in [-0.05, 0) is 105 Å². The molecule has 0 bridgehead atoms.